The van der Waals surface area contributed by atoms with E-state index in [4.69, 9.17) is 11.6 Å². The minimum Gasteiger partial charge on any atom is -0.349 e. The Hall–Kier alpha value is -1.11. The lowest BCUT2D eigenvalue weighted by molar-refractivity contribution is 0.0946. The molecule has 0 radical (unpaired) electrons. The molecule has 1 aromatic rings. The molecule has 114 valence electrons. The van der Waals surface area contributed by atoms with Crippen LogP contribution in [0.3, 0.4) is 0 Å². The van der Waals surface area contributed by atoms with E-state index in [-0.39, 0.29) is 33.2 Å². The minimum atomic E-state index is -3.35. The summed E-state index contributed by atoms with van der Waals surface area (Å²) >= 11 is 6.04. The third kappa shape index (κ3) is 2.67. The van der Waals surface area contributed by atoms with Gasteiger partial charge in [0.05, 0.1) is 21.2 Å². The van der Waals surface area contributed by atoms with Crippen molar-refractivity contribution in [2.75, 3.05) is 18.8 Å². The van der Waals surface area contributed by atoms with Crippen LogP contribution in [0, 0.1) is 11.8 Å². The molecule has 1 amide bonds. The van der Waals surface area contributed by atoms with Crippen molar-refractivity contribution in [2.24, 2.45) is 11.8 Å². The molecule has 2 fully saturated rings. The van der Waals surface area contributed by atoms with Gasteiger partial charge < -0.3 is 10.6 Å². The molecular weight excluding hydrogens is 312 g/mol. The van der Waals surface area contributed by atoms with Crippen molar-refractivity contribution in [1.29, 1.82) is 0 Å². The van der Waals surface area contributed by atoms with Crippen molar-refractivity contribution >= 4 is 27.3 Å². The zero-order chi connectivity index (χ0) is 15.2. The first-order valence-corrected chi connectivity index (χ1v) is 9.01. The van der Waals surface area contributed by atoms with Gasteiger partial charge in [0, 0.05) is 19.1 Å². The molecule has 3 rings (SSSR count). The van der Waals surface area contributed by atoms with E-state index in [1.807, 2.05) is 0 Å². The lowest BCUT2D eigenvalue weighted by atomic mass is 10.2. The topological polar surface area (TPSA) is 75.3 Å². The minimum absolute atomic E-state index is 0.00582. The molecule has 1 saturated heterocycles. The molecule has 21 heavy (non-hydrogen) atoms. The summed E-state index contributed by atoms with van der Waals surface area (Å²) in [5, 5.41) is 6.48. The van der Waals surface area contributed by atoms with Gasteiger partial charge in [0.1, 0.15) is 0 Å². The van der Waals surface area contributed by atoms with Crippen molar-refractivity contribution in [2.45, 2.75) is 17.9 Å². The van der Waals surface area contributed by atoms with Crippen LogP contribution in [-0.4, -0.2) is 39.2 Å². The monoisotopic (exact) mass is 328 g/mol. The molecule has 0 spiro atoms. The Labute approximate surface area is 129 Å². The van der Waals surface area contributed by atoms with E-state index < -0.39 is 9.84 Å². The van der Waals surface area contributed by atoms with Gasteiger partial charge >= 0.3 is 0 Å². The van der Waals surface area contributed by atoms with Crippen LogP contribution in [0.4, 0.5) is 0 Å². The summed E-state index contributed by atoms with van der Waals surface area (Å²) in [6.07, 6.45) is 0. The number of fused-ring (bicyclic) bond motifs is 1. The number of sulfone groups is 1. The number of amides is 1. The van der Waals surface area contributed by atoms with E-state index in [0.29, 0.717) is 11.8 Å². The number of benzene rings is 1. The first-order chi connectivity index (χ1) is 9.94. The molecule has 2 N–H and O–H groups in total. The zero-order valence-electron chi connectivity index (χ0n) is 11.6. The first kappa shape index (κ1) is 14.8. The Kier molecular flexibility index (Phi) is 3.71. The molecule has 1 aliphatic carbocycles. The molecule has 0 aromatic heterocycles. The Bertz CT molecular complexity index is 679. The molecule has 1 aliphatic heterocycles. The second kappa shape index (κ2) is 5.26. The Morgan fingerprint density at radius 2 is 2.05 bits per heavy atom. The second-order valence-electron chi connectivity index (χ2n) is 5.53. The van der Waals surface area contributed by atoms with Crippen molar-refractivity contribution in [3.05, 3.63) is 28.8 Å². The van der Waals surface area contributed by atoms with Gasteiger partial charge in [-0.1, -0.05) is 18.5 Å². The molecule has 7 heteroatoms. The smallest absolute Gasteiger partial charge is 0.253 e. The Balaban J connectivity index is 1.81. The van der Waals surface area contributed by atoms with Gasteiger partial charge in [-0.3, -0.25) is 4.79 Å². The summed E-state index contributed by atoms with van der Waals surface area (Å²) < 4.78 is 23.8. The van der Waals surface area contributed by atoms with Crippen molar-refractivity contribution < 1.29 is 13.2 Å². The summed E-state index contributed by atoms with van der Waals surface area (Å²) in [6, 6.07) is 4.45. The maximum Gasteiger partial charge on any atom is 0.253 e. The summed E-state index contributed by atoms with van der Waals surface area (Å²) in [5.41, 5.74) is 0.226. The van der Waals surface area contributed by atoms with E-state index in [0.717, 1.165) is 13.1 Å². The predicted molar refractivity (Wildman–Crippen MR) is 80.3 cm³/mol. The van der Waals surface area contributed by atoms with Crippen LogP contribution in [0.5, 0.6) is 0 Å². The van der Waals surface area contributed by atoms with Gasteiger partial charge in [0.25, 0.3) is 5.91 Å². The van der Waals surface area contributed by atoms with Crippen LogP contribution >= 0.6 is 11.6 Å². The van der Waals surface area contributed by atoms with Crippen LogP contribution in [0.25, 0.3) is 0 Å². The average molecular weight is 329 g/mol. The average Bonchev–Trinajstić information content (AvgIpc) is 2.88. The number of carbonyl (C=O) groups is 1. The standard InChI is InChI=1S/C14H17ClN2O3S/c1-2-21(19,20)8-3-4-12(15)9(5-8)14(18)17-13-10-6-16-7-11(10)13/h3-5,10-11,13,16H,2,6-7H2,1H3,(H,17,18)/t10-,11+,13?. The first-order valence-electron chi connectivity index (χ1n) is 6.98. The quantitative estimate of drug-likeness (QED) is 0.867. The number of rotatable bonds is 4. The molecule has 2 aliphatic rings. The number of nitrogens with one attached hydrogen (secondary N) is 2. The van der Waals surface area contributed by atoms with Gasteiger partial charge in [-0.15, -0.1) is 0 Å². The van der Waals surface area contributed by atoms with Gasteiger partial charge in [-0.05, 0) is 30.0 Å². The van der Waals surface area contributed by atoms with Crippen LogP contribution in [-0.2, 0) is 9.84 Å². The number of piperidine rings is 1. The number of halogens is 1. The fraction of sp³-hybridized carbons (Fsp3) is 0.500. The highest BCUT2D eigenvalue weighted by Gasteiger charge is 2.53. The largest absolute Gasteiger partial charge is 0.349 e. The van der Waals surface area contributed by atoms with Gasteiger partial charge in [-0.2, -0.15) is 0 Å². The summed E-state index contributed by atoms with van der Waals surface area (Å²) in [5.74, 6) is 0.687. The number of hydrogen-bond donors (Lipinski definition) is 2. The molecule has 1 heterocycles. The van der Waals surface area contributed by atoms with Gasteiger partial charge in [0.2, 0.25) is 0 Å². The van der Waals surface area contributed by atoms with Gasteiger partial charge in [0.15, 0.2) is 9.84 Å². The lowest BCUT2D eigenvalue weighted by Crippen LogP contribution is -2.32. The molecule has 1 saturated carbocycles. The molecular formula is C14H17ClN2O3S. The van der Waals surface area contributed by atoms with E-state index in [2.05, 4.69) is 10.6 Å². The predicted octanol–water partition coefficient (Wildman–Crippen LogP) is 1.08. The normalized spacial score (nSPS) is 27.2. The van der Waals surface area contributed by atoms with Crippen molar-refractivity contribution in [1.82, 2.24) is 10.6 Å². The summed E-state index contributed by atoms with van der Waals surface area (Å²) in [4.78, 5) is 12.4. The highest BCUT2D eigenvalue weighted by Crippen LogP contribution is 2.41. The van der Waals surface area contributed by atoms with E-state index in [9.17, 15) is 13.2 Å². The van der Waals surface area contributed by atoms with E-state index >= 15 is 0 Å². The Morgan fingerprint density at radius 3 is 2.67 bits per heavy atom. The molecule has 1 unspecified atom stereocenters. The fourth-order valence-electron chi connectivity index (χ4n) is 2.90. The van der Waals surface area contributed by atoms with Crippen molar-refractivity contribution in [3.8, 4) is 0 Å². The van der Waals surface area contributed by atoms with E-state index in [1.54, 1.807) is 6.92 Å². The zero-order valence-corrected chi connectivity index (χ0v) is 13.2. The third-order valence-electron chi connectivity index (χ3n) is 4.31. The van der Waals surface area contributed by atoms with Crippen LogP contribution in [0.15, 0.2) is 23.1 Å². The summed E-state index contributed by atoms with van der Waals surface area (Å²) in [7, 11) is -3.35. The maximum absolute atomic E-state index is 12.3. The van der Waals surface area contributed by atoms with Crippen LogP contribution in [0.2, 0.25) is 5.02 Å². The SMILES string of the molecule is CCS(=O)(=O)c1ccc(Cl)c(C(=O)NC2[C@H]3CNC[C@@H]23)c1. The Morgan fingerprint density at radius 1 is 1.38 bits per heavy atom. The molecule has 5 nitrogen and oxygen atoms in total. The van der Waals surface area contributed by atoms with Gasteiger partial charge in [-0.25, -0.2) is 8.42 Å². The summed E-state index contributed by atoms with van der Waals surface area (Å²) in [6.45, 7) is 3.42. The highest BCUT2D eigenvalue weighted by molar-refractivity contribution is 7.91. The van der Waals surface area contributed by atoms with Crippen molar-refractivity contribution in [3.63, 3.8) is 0 Å². The molecule has 3 atom stereocenters. The highest BCUT2D eigenvalue weighted by atomic mass is 35.5. The van der Waals surface area contributed by atoms with E-state index in [1.165, 1.54) is 18.2 Å². The van der Waals surface area contributed by atoms with Crippen LogP contribution in [0.1, 0.15) is 17.3 Å². The lowest BCUT2D eigenvalue weighted by Gasteiger charge is -2.10. The fourth-order valence-corrected chi connectivity index (χ4v) is 4.01. The third-order valence-corrected chi connectivity index (χ3v) is 6.37. The second-order valence-corrected chi connectivity index (χ2v) is 8.22. The molecule has 0 bridgehead atoms. The number of hydrogen-bond acceptors (Lipinski definition) is 4. The van der Waals surface area contributed by atoms with Crippen LogP contribution < -0.4 is 10.6 Å². The maximum atomic E-state index is 12.3. The number of carbonyl (C=O) groups excluding carboxylic acids is 1. The molecule has 1 aromatic carbocycles.